The largest absolute Gasteiger partial charge is 0.403 e. The standard InChI is InChI=1S/C33H53N4O9PS/c1-25(46-47(44,45)34-2)28-22-26(19-20-29(28)37(42)43)24-35-31(39)18-14-10-9-13-17-27(38)16-12-8-6-4-5-7-11-15-21-36-32(40)23-30(48-3)33(36)41/h19-20,22,25,30H,4-18,21,23-24H2,1-3H3,(H,35,39)(H2,34,44,45). The van der Waals surface area contributed by atoms with Crippen LogP contribution in [0.15, 0.2) is 18.2 Å². The average molecular weight is 713 g/mol. The highest BCUT2D eigenvalue weighted by Gasteiger charge is 2.37. The third-order valence-corrected chi connectivity index (χ3v) is 10.6. The number of imide groups is 1. The van der Waals surface area contributed by atoms with Gasteiger partial charge >= 0.3 is 7.75 Å². The second kappa shape index (κ2) is 22.2. The minimum atomic E-state index is -4.11. The first-order chi connectivity index (χ1) is 22.9. The number of nitrogens with one attached hydrogen (secondary N) is 2. The van der Waals surface area contributed by atoms with Crippen LogP contribution in [0.5, 0.6) is 0 Å². The SMILES string of the molecule is CNP(=O)(O)OC(C)c1cc(CNC(=O)CCCCCCC(=O)CCCCCCCCCCN2C(=O)CC(SC)C2=O)ccc1[N+](=O)[O-]. The Kier molecular flexibility index (Phi) is 19.2. The van der Waals surface area contributed by atoms with E-state index in [9.17, 15) is 38.8 Å². The highest BCUT2D eigenvalue weighted by Crippen LogP contribution is 2.43. The summed E-state index contributed by atoms with van der Waals surface area (Å²) in [6.45, 7) is 2.13. The number of hydrogen-bond donors (Lipinski definition) is 3. The van der Waals surface area contributed by atoms with Gasteiger partial charge < -0.3 is 10.2 Å². The minimum Gasteiger partial charge on any atom is -0.352 e. The summed E-state index contributed by atoms with van der Waals surface area (Å²) in [5.41, 5.74) is 0.485. The maximum atomic E-state index is 12.3. The monoisotopic (exact) mass is 712 g/mol. The smallest absolute Gasteiger partial charge is 0.352 e. The fourth-order valence-corrected chi connectivity index (χ4v) is 6.92. The Hall–Kier alpha value is -2.64. The van der Waals surface area contributed by atoms with E-state index < -0.39 is 18.8 Å². The predicted octanol–water partition coefficient (Wildman–Crippen LogP) is 6.52. The maximum Gasteiger partial charge on any atom is 0.403 e. The van der Waals surface area contributed by atoms with Gasteiger partial charge in [-0.15, -0.1) is 0 Å². The van der Waals surface area contributed by atoms with E-state index in [1.807, 2.05) is 6.26 Å². The van der Waals surface area contributed by atoms with Crippen molar-refractivity contribution < 1.29 is 38.1 Å². The van der Waals surface area contributed by atoms with Gasteiger partial charge in [0.05, 0.1) is 21.8 Å². The number of carbonyl (C=O) groups excluding carboxylic acids is 4. The first-order valence-corrected chi connectivity index (χ1v) is 19.9. The van der Waals surface area contributed by atoms with E-state index in [0.717, 1.165) is 70.6 Å². The number of nitro benzene ring substituents is 1. The summed E-state index contributed by atoms with van der Waals surface area (Å²) in [6.07, 6.45) is 14.2. The molecule has 1 fully saturated rings. The zero-order valence-corrected chi connectivity index (χ0v) is 30.3. The molecule has 270 valence electrons. The van der Waals surface area contributed by atoms with Crippen molar-refractivity contribution in [2.45, 2.75) is 128 Å². The number of carbonyl (C=O) groups is 4. The van der Waals surface area contributed by atoms with Crippen LogP contribution in [0.2, 0.25) is 0 Å². The topological polar surface area (TPSA) is 185 Å². The normalized spacial score (nSPS) is 16.6. The van der Waals surface area contributed by atoms with E-state index >= 15 is 0 Å². The number of benzene rings is 1. The van der Waals surface area contributed by atoms with Gasteiger partial charge in [0.2, 0.25) is 17.7 Å². The van der Waals surface area contributed by atoms with Crippen LogP contribution in [0.1, 0.15) is 127 Å². The Morgan fingerprint density at radius 2 is 1.58 bits per heavy atom. The molecule has 48 heavy (non-hydrogen) atoms. The van der Waals surface area contributed by atoms with E-state index in [1.54, 1.807) is 0 Å². The molecule has 0 radical (unpaired) electrons. The molecule has 1 aromatic carbocycles. The molecule has 13 nitrogen and oxygen atoms in total. The molecule has 0 aliphatic carbocycles. The van der Waals surface area contributed by atoms with Crippen molar-refractivity contribution in [1.82, 2.24) is 15.3 Å². The highest BCUT2D eigenvalue weighted by molar-refractivity contribution is 8.00. The van der Waals surface area contributed by atoms with Gasteiger partial charge in [0.1, 0.15) is 5.78 Å². The van der Waals surface area contributed by atoms with Gasteiger partial charge in [0.25, 0.3) is 5.69 Å². The molecule has 3 N–H and O–H groups in total. The number of nitrogens with zero attached hydrogens (tertiary/aromatic N) is 2. The van der Waals surface area contributed by atoms with Gasteiger partial charge in [-0.05, 0) is 57.5 Å². The summed E-state index contributed by atoms with van der Waals surface area (Å²) < 4.78 is 16.9. The number of ketones is 1. The number of thioether (sulfide) groups is 1. The van der Waals surface area contributed by atoms with Gasteiger partial charge in [0.15, 0.2) is 0 Å². The Bertz CT molecular complexity index is 1280. The van der Waals surface area contributed by atoms with E-state index in [4.69, 9.17) is 4.52 Å². The first kappa shape index (κ1) is 41.5. The lowest BCUT2D eigenvalue weighted by Gasteiger charge is -2.18. The van der Waals surface area contributed by atoms with Crippen molar-refractivity contribution in [3.05, 3.63) is 39.4 Å². The Morgan fingerprint density at radius 1 is 1.02 bits per heavy atom. The lowest BCUT2D eigenvalue weighted by atomic mass is 10.0. The van der Waals surface area contributed by atoms with Crippen LogP contribution in [-0.4, -0.2) is 63.3 Å². The van der Waals surface area contributed by atoms with Crippen molar-refractivity contribution in [2.24, 2.45) is 0 Å². The molecule has 3 amide bonds. The van der Waals surface area contributed by atoms with Crippen molar-refractivity contribution in [3.8, 4) is 0 Å². The predicted molar refractivity (Wildman–Crippen MR) is 186 cm³/mol. The van der Waals surface area contributed by atoms with Gasteiger partial charge in [-0.2, -0.15) is 11.8 Å². The van der Waals surface area contributed by atoms with Crippen LogP contribution < -0.4 is 10.4 Å². The van der Waals surface area contributed by atoms with Crippen LogP contribution in [-0.2, 0) is 34.8 Å². The molecule has 0 spiro atoms. The number of hydrogen-bond acceptors (Lipinski definition) is 9. The number of unbranched alkanes of at least 4 members (excludes halogenated alkanes) is 10. The molecule has 1 aliphatic rings. The Morgan fingerprint density at radius 3 is 2.12 bits per heavy atom. The van der Waals surface area contributed by atoms with Gasteiger partial charge in [-0.1, -0.05) is 57.4 Å². The Balaban J connectivity index is 1.48. The summed E-state index contributed by atoms with van der Waals surface area (Å²) in [5.74, 6) is 0.0626. The van der Waals surface area contributed by atoms with Crippen molar-refractivity contribution in [2.75, 3.05) is 19.8 Å². The van der Waals surface area contributed by atoms with Crippen LogP contribution in [0.4, 0.5) is 5.69 Å². The zero-order valence-electron chi connectivity index (χ0n) is 28.6. The molecule has 0 bridgehead atoms. The van der Waals surface area contributed by atoms with E-state index in [2.05, 4.69) is 10.4 Å². The molecular formula is C33H53N4O9PS. The molecule has 1 aliphatic heterocycles. The molecule has 3 atom stereocenters. The number of nitro groups is 1. The third-order valence-electron chi connectivity index (χ3n) is 8.48. The summed E-state index contributed by atoms with van der Waals surface area (Å²) in [4.78, 5) is 70.6. The average Bonchev–Trinajstić information content (AvgIpc) is 3.33. The van der Waals surface area contributed by atoms with E-state index in [-0.39, 0.29) is 46.6 Å². The van der Waals surface area contributed by atoms with Crippen molar-refractivity contribution in [1.29, 1.82) is 0 Å². The van der Waals surface area contributed by atoms with E-state index in [0.29, 0.717) is 44.2 Å². The summed E-state index contributed by atoms with van der Waals surface area (Å²) in [7, 11) is -2.86. The number of Topliss-reactive ketones (excluding diaryl/α,β-unsaturated/α-hetero) is 1. The summed E-state index contributed by atoms with van der Waals surface area (Å²) in [5, 5.41) is 16.2. The fraction of sp³-hybridized carbons (Fsp3) is 0.697. The lowest BCUT2D eigenvalue weighted by molar-refractivity contribution is -0.386. The van der Waals surface area contributed by atoms with Crippen LogP contribution >= 0.6 is 19.5 Å². The fourth-order valence-electron chi connectivity index (χ4n) is 5.63. The van der Waals surface area contributed by atoms with Crippen LogP contribution in [0.25, 0.3) is 0 Å². The number of likely N-dealkylation sites (tertiary alicyclic amines) is 1. The number of amides is 3. The summed E-state index contributed by atoms with van der Waals surface area (Å²) in [6, 6.07) is 4.31. The van der Waals surface area contributed by atoms with Crippen molar-refractivity contribution in [3.63, 3.8) is 0 Å². The van der Waals surface area contributed by atoms with E-state index in [1.165, 1.54) is 48.8 Å². The second-order valence-electron chi connectivity index (χ2n) is 12.3. The molecular weight excluding hydrogens is 659 g/mol. The third kappa shape index (κ3) is 15.3. The molecule has 1 heterocycles. The molecule has 2 rings (SSSR count). The van der Waals surface area contributed by atoms with Crippen molar-refractivity contribution >= 4 is 48.7 Å². The lowest BCUT2D eigenvalue weighted by Crippen LogP contribution is -2.32. The minimum absolute atomic E-state index is 0.0354. The maximum absolute atomic E-state index is 12.3. The molecule has 3 unspecified atom stereocenters. The van der Waals surface area contributed by atoms with Gasteiger partial charge in [-0.3, -0.25) is 38.7 Å². The molecule has 0 saturated carbocycles. The molecule has 1 aromatic rings. The zero-order chi connectivity index (χ0) is 35.5. The molecule has 0 aromatic heterocycles. The Labute approximate surface area is 288 Å². The number of rotatable bonds is 26. The molecule has 1 saturated heterocycles. The molecule has 15 heteroatoms. The van der Waals surface area contributed by atoms with Crippen LogP contribution in [0.3, 0.4) is 0 Å². The first-order valence-electron chi connectivity index (χ1n) is 17.0. The van der Waals surface area contributed by atoms with Crippen LogP contribution in [0, 0.1) is 10.1 Å². The van der Waals surface area contributed by atoms with Gasteiger partial charge in [-0.25, -0.2) is 9.65 Å². The quantitative estimate of drug-likeness (QED) is 0.0312. The highest BCUT2D eigenvalue weighted by atomic mass is 32.2. The summed E-state index contributed by atoms with van der Waals surface area (Å²) >= 11 is 1.45. The van der Waals surface area contributed by atoms with Gasteiger partial charge in [0, 0.05) is 44.8 Å². The second-order valence-corrected chi connectivity index (χ2v) is 15.0.